The third-order valence-electron chi connectivity index (χ3n) is 4.02. The van der Waals surface area contributed by atoms with E-state index in [1.807, 2.05) is 48.5 Å². The van der Waals surface area contributed by atoms with Crippen LogP contribution >= 0.6 is 0 Å². The molecule has 0 aliphatic rings. The van der Waals surface area contributed by atoms with Gasteiger partial charge in [0.05, 0.1) is 11.9 Å². The van der Waals surface area contributed by atoms with Gasteiger partial charge in [0.2, 0.25) is 0 Å². The molecule has 0 radical (unpaired) electrons. The molecule has 4 aromatic rings. The van der Waals surface area contributed by atoms with E-state index < -0.39 is 11.9 Å². The maximum absolute atomic E-state index is 10.7. The second-order valence-corrected chi connectivity index (χ2v) is 5.63. The summed E-state index contributed by atoms with van der Waals surface area (Å²) < 4.78 is 0. The standard InChI is InChI=1S/2C11H8O2.Hg/c2*12-11(13)10-7-3-5-8-4-1-2-6-9(8)10;/h2*1-7H,(H,12,13);/q;;+2/p-2. The van der Waals surface area contributed by atoms with Gasteiger partial charge in [0.15, 0.2) is 0 Å². The van der Waals surface area contributed by atoms with Crippen LogP contribution in [-0.4, -0.2) is 11.9 Å². The summed E-state index contributed by atoms with van der Waals surface area (Å²) in [5, 5.41) is 24.7. The van der Waals surface area contributed by atoms with Crippen LogP contribution in [0.3, 0.4) is 0 Å². The van der Waals surface area contributed by atoms with E-state index in [0.717, 1.165) is 21.5 Å². The molecule has 27 heavy (non-hydrogen) atoms. The van der Waals surface area contributed by atoms with E-state index in [1.165, 1.54) is 0 Å². The number of carbonyl (C=O) groups excluding carboxylic acids is 2. The van der Waals surface area contributed by atoms with Gasteiger partial charge in [0, 0.05) is 11.1 Å². The zero-order valence-corrected chi connectivity index (χ0v) is 19.9. The van der Waals surface area contributed by atoms with Crippen LogP contribution in [0.2, 0.25) is 0 Å². The first-order chi connectivity index (χ1) is 12.6. The van der Waals surface area contributed by atoms with Crippen molar-refractivity contribution < 1.29 is 47.5 Å². The van der Waals surface area contributed by atoms with Crippen molar-refractivity contribution in [3.63, 3.8) is 0 Å². The molecule has 0 N–H and O–H groups in total. The molecule has 0 amide bonds. The SMILES string of the molecule is O=C([O-])c1cccc2ccccc12.O=C([O-])c1cccc2ccccc12.[Hg+2]. The van der Waals surface area contributed by atoms with Gasteiger partial charge in [0.25, 0.3) is 0 Å². The van der Waals surface area contributed by atoms with Crippen LogP contribution in [-0.2, 0) is 27.7 Å². The van der Waals surface area contributed by atoms with E-state index in [0.29, 0.717) is 0 Å². The van der Waals surface area contributed by atoms with Gasteiger partial charge in [-0.1, -0.05) is 84.9 Å². The third kappa shape index (κ3) is 4.71. The Balaban J connectivity index is 0.000000187. The van der Waals surface area contributed by atoms with Gasteiger partial charge in [-0.15, -0.1) is 0 Å². The largest absolute Gasteiger partial charge is 2.00 e. The monoisotopic (exact) mass is 544 g/mol. The molecule has 5 heteroatoms. The van der Waals surface area contributed by atoms with Crippen LogP contribution < -0.4 is 10.2 Å². The van der Waals surface area contributed by atoms with Crippen LogP contribution in [0.5, 0.6) is 0 Å². The van der Waals surface area contributed by atoms with E-state index >= 15 is 0 Å². The maximum Gasteiger partial charge on any atom is 2.00 e. The first-order valence-electron chi connectivity index (χ1n) is 7.96. The molecule has 0 saturated heterocycles. The van der Waals surface area contributed by atoms with Crippen LogP contribution in [0.25, 0.3) is 21.5 Å². The van der Waals surface area contributed by atoms with E-state index in [4.69, 9.17) is 0 Å². The quantitative estimate of drug-likeness (QED) is 0.364. The smallest absolute Gasteiger partial charge is 0.545 e. The minimum absolute atomic E-state index is 0. The third-order valence-corrected chi connectivity index (χ3v) is 4.02. The van der Waals surface area contributed by atoms with Gasteiger partial charge < -0.3 is 19.8 Å². The fraction of sp³-hybridized carbons (Fsp3) is 0. The molecule has 0 aliphatic heterocycles. The van der Waals surface area contributed by atoms with Crippen LogP contribution in [0, 0.1) is 0 Å². The number of benzene rings is 4. The Bertz CT molecular complexity index is 1010. The number of carbonyl (C=O) groups is 2. The van der Waals surface area contributed by atoms with Crippen molar-refractivity contribution in [1.82, 2.24) is 0 Å². The Hall–Kier alpha value is -2.72. The fourth-order valence-electron chi connectivity index (χ4n) is 2.81. The van der Waals surface area contributed by atoms with Crippen molar-refractivity contribution in [2.45, 2.75) is 0 Å². The van der Waals surface area contributed by atoms with E-state index in [9.17, 15) is 19.8 Å². The summed E-state index contributed by atoms with van der Waals surface area (Å²) in [6, 6.07) is 25.0. The molecule has 128 valence electrons. The van der Waals surface area contributed by atoms with Crippen LogP contribution in [0.4, 0.5) is 0 Å². The molecule has 0 aromatic heterocycles. The van der Waals surface area contributed by atoms with E-state index in [1.54, 1.807) is 36.4 Å². The number of carboxylic acids is 2. The molecular weight excluding hydrogens is 529 g/mol. The first-order valence-corrected chi connectivity index (χ1v) is 7.96. The molecule has 0 fully saturated rings. The predicted molar refractivity (Wildman–Crippen MR) is 96.6 cm³/mol. The zero-order valence-electron chi connectivity index (χ0n) is 14.4. The van der Waals surface area contributed by atoms with Gasteiger partial charge >= 0.3 is 27.7 Å². The Morgan fingerprint density at radius 3 is 1.22 bits per heavy atom. The van der Waals surface area contributed by atoms with Gasteiger partial charge in [-0.2, -0.15) is 0 Å². The van der Waals surface area contributed by atoms with Gasteiger partial charge in [-0.3, -0.25) is 0 Å². The molecule has 0 atom stereocenters. The number of fused-ring (bicyclic) bond motifs is 2. The Morgan fingerprint density at radius 2 is 0.852 bits per heavy atom. The Labute approximate surface area is 176 Å². The van der Waals surface area contributed by atoms with E-state index in [-0.39, 0.29) is 38.8 Å². The summed E-state index contributed by atoms with van der Waals surface area (Å²) in [5.41, 5.74) is 0.496. The molecule has 4 aromatic carbocycles. The molecule has 4 rings (SSSR count). The van der Waals surface area contributed by atoms with Gasteiger partial charge in [0.1, 0.15) is 0 Å². The van der Waals surface area contributed by atoms with Crippen molar-refractivity contribution >= 4 is 33.5 Å². The molecule has 0 spiro atoms. The summed E-state index contributed by atoms with van der Waals surface area (Å²) in [6.07, 6.45) is 0. The Morgan fingerprint density at radius 1 is 0.519 bits per heavy atom. The molecule has 0 bridgehead atoms. The minimum Gasteiger partial charge on any atom is -0.545 e. The van der Waals surface area contributed by atoms with Crippen molar-refractivity contribution in [3.8, 4) is 0 Å². The molecular formula is C22H14HgO4. The number of hydrogen-bond acceptors (Lipinski definition) is 4. The van der Waals surface area contributed by atoms with Gasteiger partial charge in [-0.05, 0) is 21.5 Å². The van der Waals surface area contributed by atoms with Crippen molar-refractivity contribution in [2.24, 2.45) is 0 Å². The van der Waals surface area contributed by atoms with Crippen molar-refractivity contribution in [3.05, 3.63) is 96.1 Å². The summed E-state index contributed by atoms with van der Waals surface area (Å²) >= 11 is 0. The average Bonchev–Trinajstić information content (AvgIpc) is 2.67. The topological polar surface area (TPSA) is 80.3 Å². The summed E-state index contributed by atoms with van der Waals surface area (Å²) in [6.45, 7) is 0. The normalized spacial score (nSPS) is 9.78. The van der Waals surface area contributed by atoms with Crippen LogP contribution in [0.1, 0.15) is 20.7 Å². The predicted octanol–water partition coefficient (Wildman–Crippen LogP) is 2.40. The Kier molecular flexibility index (Phi) is 7.08. The molecule has 4 nitrogen and oxygen atoms in total. The number of rotatable bonds is 2. The van der Waals surface area contributed by atoms with Crippen LogP contribution in [0.15, 0.2) is 84.9 Å². The molecule has 0 heterocycles. The molecule has 0 aliphatic carbocycles. The number of aromatic carboxylic acids is 2. The zero-order chi connectivity index (χ0) is 18.5. The molecule has 0 saturated carbocycles. The molecule has 0 unspecified atom stereocenters. The first kappa shape index (κ1) is 20.6. The average molecular weight is 543 g/mol. The fourth-order valence-corrected chi connectivity index (χ4v) is 2.81. The van der Waals surface area contributed by atoms with E-state index in [2.05, 4.69) is 0 Å². The second kappa shape index (κ2) is 9.28. The summed E-state index contributed by atoms with van der Waals surface area (Å²) in [5.74, 6) is -2.26. The summed E-state index contributed by atoms with van der Waals surface area (Å²) in [4.78, 5) is 21.4. The minimum atomic E-state index is -1.13. The number of hydrogen-bond donors (Lipinski definition) is 0. The van der Waals surface area contributed by atoms with Crippen molar-refractivity contribution in [2.75, 3.05) is 0 Å². The number of carboxylic acid groups (broad SMARTS) is 2. The van der Waals surface area contributed by atoms with Gasteiger partial charge in [-0.25, -0.2) is 0 Å². The maximum atomic E-state index is 10.7. The second-order valence-electron chi connectivity index (χ2n) is 5.63. The van der Waals surface area contributed by atoms with Crippen molar-refractivity contribution in [1.29, 1.82) is 0 Å². The summed E-state index contributed by atoms with van der Waals surface area (Å²) in [7, 11) is 0.